The zero-order valence-electron chi connectivity index (χ0n) is 16.7. The number of rotatable bonds is 16. The van der Waals surface area contributed by atoms with Gasteiger partial charge >= 0.3 is 0 Å². The lowest BCUT2D eigenvalue weighted by atomic mass is 10.0. The maximum absolute atomic E-state index is 9.65. The first-order valence-corrected chi connectivity index (χ1v) is 10.7. The van der Waals surface area contributed by atoms with E-state index in [4.69, 9.17) is 4.74 Å². The van der Waals surface area contributed by atoms with Gasteiger partial charge in [-0.2, -0.15) is 0 Å². The van der Waals surface area contributed by atoms with Crippen LogP contribution >= 0.6 is 0 Å². The van der Waals surface area contributed by atoms with Gasteiger partial charge in [0.05, 0.1) is 6.61 Å². The number of benzene rings is 1. The molecule has 0 saturated heterocycles. The van der Waals surface area contributed by atoms with Crippen molar-refractivity contribution in [1.29, 1.82) is 0 Å². The molecule has 0 saturated carbocycles. The molecule has 0 aliphatic carbocycles. The number of unbranched alkanes of at least 4 members (excludes halogenated alkanes) is 13. The van der Waals surface area contributed by atoms with Crippen LogP contribution in [0.5, 0.6) is 11.5 Å². The van der Waals surface area contributed by atoms with Crippen molar-refractivity contribution in [3.63, 3.8) is 0 Å². The maximum Gasteiger partial charge on any atom is 0.125 e. The van der Waals surface area contributed by atoms with Crippen molar-refractivity contribution in [2.45, 2.75) is 104 Å². The fraction of sp³-hybridized carbons (Fsp3) is 0.739. The summed E-state index contributed by atoms with van der Waals surface area (Å²) in [7, 11) is 0. The van der Waals surface area contributed by atoms with Crippen LogP contribution in [0.4, 0.5) is 0 Å². The van der Waals surface area contributed by atoms with Gasteiger partial charge in [-0.1, -0.05) is 96.5 Å². The summed E-state index contributed by atoms with van der Waals surface area (Å²) in [5, 5.41) is 9.65. The quantitative estimate of drug-likeness (QED) is 0.312. The molecule has 0 aromatic heterocycles. The van der Waals surface area contributed by atoms with E-state index in [-0.39, 0.29) is 0 Å². The molecule has 0 amide bonds. The summed E-state index contributed by atoms with van der Waals surface area (Å²) in [4.78, 5) is 0. The Morgan fingerprint density at radius 3 is 1.72 bits per heavy atom. The molecular formula is C23H40O2. The van der Waals surface area contributed by atoms with Crippen LogP contribution in [0.1, 0.15) is 102 Å². The molecule has 0 fully saturated rings. The normalized spacial score (nSPS) is 11.0. The standard InChI is InChI=1S/C23H40O2/c1-3-4-5-6-7-8-9-10-11-12-13-14-15-16-20-25-23-19-17-18-22(24)21(23)2/h17-19,24H,3-16,20H2,1-2H3. The van der Waals surface area contributed by atoms with Gasteiger partial charge in [0, 0.05) is 5.56 Å². The zero-order chi connectivity index (χ0) is 18.2. The average Bonchev–Trinajstić information content (AvgIpc) is 2.61. The SMILES string of the molecule is CCCCCCCCCCCCCCCCOc1cccc(O)c1C. The molecule has 0 spiro atoms. The fourth-order valence-corrected chi connectivity index (χ4v) is 3.24. The highest BCUT2D eigenvalue weighted by Crippen LogP contribution is 2.26. The van der Waals surface area contributed by atoms with Crippen molar-refractivity contribution in [2.24, 2.45) is 0 Å². The molecule has 2 nitrogen and oxygen atoms in total. The Labute approximate surface area is 156 Å². The third-order valence-corrected chi connectivity index (χ3v) is 5.01. The number of aromatic hydroxyl groups is 1. The Balaban J connectivity index is 1.82. The summed E-state index contributed by atoms with van der Waals surface area (Å²) in [5.74, 6) is 1.13. The van der Waals surface area contributed by atoms with Gasteiger partial charge in [0.25, 0.3) is 0 Å². The Bertz CT molecular complexity index is 428. The second-order valence-electron chi connectivity index (χ2n) is 7.34. The molecule has 1 aromatic carbocycles. The molecule has 25 heavy (non-hydrogen) atoms. The lowest BCUT2D eigenvalue weighted by Crippen LogP contribution is -1.98. The highest BCUT2D eigenvalue weighted by Gasteiger charge is 2.03. The molecule has 0 radical (unpaired) electrons. The third kappa shape index (κ3) is 11.1. The largest absolute Gasteiger partial charge is 0.508 e. The van der Waals surface area contributed by atoms with E-state index in [0.717, 1.165) is 24.3 Å². The lowest BCUT2D eigenvalue weighted by molar-refractivity contribution is 0.300. The maximum atomic E-state index is 9.65. The third-order valence-electron chi connectivity index (χ3n) is 5.01. The van der Waals surface area contributed by atoms with Gasteiger partial charge in [-0.05, 0) is 25.5 Å². The molecule has 0 unspecified atom stereocenters. The Morgan fingerprint density at radius 1 is 0.720 bits per heavy atom. The predicted molar refractivity (Wildman–Crippen MR) is 109 cm³/mol. The molecule has 0 heterocycles. The summed E-state index contributed by atoms with van der Waals surface area (Å²) in [6, 6.07) is 5.47. The Hall–Kier alpha value is -1.18. The minimum atomic E-state index is 0.318. The average molecular weight is 349 g/mol. The van der Waals surface area contributed by atoms with Gasteiger partial charge < -0.3 is 9.84 Å². The van der Waals surface area contributed by atoms with E-state index in [0.29, 0.717) is 5.75 Å². The number of phenols is 1. The van der Waals surface area contributed by atoms with Gasteiger partial charge in [0.15, 0.2) is 0 Å². The van der Waals surface area contributed by atoms with Crippen molar-refractivity contribution in [2.75, 3.05) is 6.61 Å². The van der Waals surface area contributed by atoms with Gasteiger partial charge in [-0.25, -0.2) is 0 Å². The smallest absolute Gasteiger partial charge is 0.125 e. The van der Waals surface area contributed by atoms with Crippen LogP contribution in [0.3, 0.4) is 0 Å². The fourth-order valence-electron chi connectivity index (χ4n) is 3.24. The zero-order valence-corrected chi connectivity index (χ0v) is 16.7. The molecule has 0 atom stereocenters. The second-order valence-corrected chi connectivity index (χ2v) is 7.34. The first-order valence-electron chi connectivity index (χ1n) is 10.7. The summed E-state index contributed by atoms with van der Waals surface area (Å²) in [6.45, 7) is 4.93. The van der Waals surface area contributed by atoms with Crippen molar-refractivity contribution in [3.05, 3.63) is 23.8 Å². The second kappa shape index (κ2) is 15.1. The highest BCUT2D eigenvalue weighted by molar-refractivity contribution is 5.42. The van der Waals surface area contributed by atoms with Crippen molar-refractivity contribution in [1.82, 2.24) is 0 Å². The molecule has 2 heteroatoms. The molecule has 0 aliphatic rings. The van der Waals surface area contributed by atoms with Crippen molar-refractivity contribution in [3.8, 4) is 11.5 Å². The first-order chi connectivity index (χ1) is 12.3. The molecule has 1 rings (SSSR count). The van der Waals surface area contributed by atoms with E-state index in [1.165, 1.54) is 83.5 Å². The van der Waals surface area contributed by atoms with Crippen molar-refractivity contribution >= 4 is 0 Å². The van der Waals surface area contributed by atoms with Crippen LogP contribution in [0.2, 0.25) is 0 Å². The molecule has 1 aromatic rings. The minimum absolute atomic E-state index is 0.318. The van der Waals surface area contributed by atoms with E-state index in [1.54, 1.807) is 6.07 Å². The van der Waals surface area contributed by atoms with E-state index in [9.17, 15) is 5.11 Å². The lowest BCUT2D eigenvalue weighted by Gasteiger charge is -2.09. The summed E-state index contributed by atoms with van der Waals surface area (Å²) >= 11 is 0. The monoisotopic (exact) mass is 348 g/mol. The van der Waals surface area contributed by atoms with E-state index in [2.05, 4.69) is 6.92 Å². The Morgan fingerprint density at radius 2 is 1.20 bits per heavy atom. The van der Waals surface area contributed by atoms with Gasteiger partial charge in [-0.15, -0.1) is 0 Å². The number of ether oxygens (including phenoxy) is 1. The van der Waals surface area contributed by atoms with E-state index in [1.807, 2.05) is 19.1 Å². The van der Waals surface area contributed by atoms with E-state index >= 15 is 0 Å². The minimum Gasteiger partial charge on any atom is -0.508 e. The van der Waals surface area contributed by atoms with Crippen LogP contribution in [0, 0.1) is 6.92 Å². The summed E-state index contributed by atoms with van der Waals surface area (Å²) in [6.07, 6.45) is 19.2. The van der Waals surface area contributed by atoms with Gasteiger partial charge in [-0.3, -0.25) is 0 Å². The molecule has 0 aliphatic heterocycles. The summed E-state index contributed by atoms with van der Waals surface area (Å²) in [5.41, 5.74) is 0.841. The summed E-state index contributed by atoms with van der Waals surface area (Å²) < 4.78 is 5.76. The Kier molecular flexibility index (Phi) is 13.2. The molecule has 1 N–H and O–H groups in total. The molecule has 0 bridgehead atoms. The van der Waals surface area contributed by atoms with Crippen LogP contribution in [0.25, 0.3) is 0 Å². The number of hydrogen-bond donors (Lipinski definition) is 1. The van der Waals surface area contributed by atoms with Gasteiger partial charge in [0.1, 0.15) is 11.5 Å². The van der Waals surface area contributed by atoms with E-state index < -0.39 is 0 Å². The number of hydrogen-bond acceptors (Lipinski definition) is 2. The molecular weight excluding hydrogens is 308 g/mol. The van der Waals surface area contributed by atoms with Crippen LogP contribution < -0.4 is 4.74 Å². The van der Waals surface area contributed by atoms with Crippen LogP contribution in [-0.2, 0) is 0 Å². The predicted octanol–water partition coefficient (Wildman–Crippen LogP) is 7.56. The van der Waals surface area contributed by atoms with Crippen LogP contribution in [0.15, 0.2) is 18.2 Å². The van der Waals surface area contributed by atoms with Crippen molar-refractivity contribution < 1.29 is 9.84 Å². The number of phenolic OH excluding ortho intramolecular Hbond substituents is 1. The molecule has 144 valence electrons. The van der Waals surface area contributed by atoms with Crippen LogP contribution in [-0.4, -0.2) is 11.7 Å². The highest BCUT2D eigenvalue weighted by atomic mass is 16.5. The topological polar surface area (TPSA) is 29.5 Å². The first kappa shape index (κ1) is 21.9. The van der Waals surface area contributed by atoms with Gasteiger partial charge in [0.2, 0.25) is 0 Å².